The standard InChI is InChI=1S/C18H15P.C10H12ClNO2.C9H13ClN4.C9H13ClN2.C9H12ClNO.C8H8ClNO2.C7H6ClNO2.CH4O5S.2CH4.Al.Li.H2.H/c1-4-10-16(11-5-1)19(17-12-6-2-7-13-17)18-14-8-3-9-15-18;1-12(2)8-6-4-5-7(9(8)11)10(13)14-3;1-14(2)8-5-3-4-7(9(8)10)6-12-13-11;1-12(2)8-5-3-4-7(6-11)9(8)10;1-11(2)8-5-3-4-7(6-12)9(8)10;1-12-8(11)5-3-2-4-6(10)7(5)9;8-6-4(7(10)11)2-1-3-5(6)9;1-5-7(3,4)6-2;;;;;;/h1-15H;4-6H,1-3H3;3-5H,6H2,1-2H3,(H2,11,12);3-5H,6,11H2,1-2H3;3-5,12H,6H2,1-2H3;2-4H,10H2,1H3;1-3H,9H2,(H,10,11);2H,1H3;2*1H4;;;1H;/q;;;;;;;;;;;+1;;-1. The van der Waals surface area contributed by atoms with Crippen LogP contribution in [-0.2, 0) is 48.1 Å². The fraction of sp³-hybridized carbons (Fsp3) is 0.219. The van der Waals surface area contributed by atoms with Crippen LogP contribution >= 0.6 is 77.5 Å². The van der Waals surface area contributed by atoms with Gasteiger partial charge < -0.3 is 63.8 Å². The van der Waals surface area contributed by atoms with Crippen molar-refractivity contribution in [1.29, 1.82) is 0 Å². The van der Waals surface area contributed by atoms with Gasteiger partial charge in [0.15, 0.2) is 0 Å². The first-order valence-corrected chi connectivity index (χ1v) is 34.6. The molecule has 565 valence electrons. The fourth-order valence-corrected chi connectivity index (χ4v) is 12.4. The van der Waals surface area contributed by atoms with Crippen LogP contribution in [0.2, 0.25) is 30.1 Å². The van der Waals surface area contributed by atoms with Gasteiger partial charge in [-0.15, -0.1) is 0 Å². The molecule has 9 aromatic carbocycles. The number of nitrogens with zero attached hydrogens (tertiary/aromatic N) is 6. The third-order valence-electron chi connectivity index (χ3n) is 13.2. The number of esters is 2. The van der Waals surface area contributed by atoms with Crippen LogP contribution in [0.4, 0.5) is 34.1 Å². The monoisotopic (exact) mass is 1610 g/mol. The summed E-state index contributed by atoms with van der Waals surface area (Å²) in [7, 11) is 14.3. The third kappa shape index (κ3) is 34.4. The Morgan fingerprint density at radius 2 is 0.790 bits per heavy atom. The number of aliphatic hydroxyl groups is 1. The van der Waals surface area contributed by atoms with Crippen LogP contribution < -0.4 is 77.4 Å². The molecule has 9 rings (SSSR count). The second-order valence-electron chi connectivity index (χ2n) is 20.9. The molecule has 0 heterocycles. The smallest absolute Gasteiger partial charge is 1.00 e. The molecule has 0 aliphatic carbocycles. The van der Waals surface area contributed by atoms with Crippen molar-refractivity contribution in [3.8, 4) is 0 Å². The summed E-state index contributed by atoms with van der Waals surface area (Å²) >= 11 is 35.6. The SMILES string of the molecule is C.C.CN(C)c1cccc(CN)c1Cl.CN(C)c1cccc(CN=NN)c1Cl.CN(C)c1cccc(CO)c1Cl.COC(=O)c1cccc(N(C)C)c1Cl.COC(=O)c1cccc(N)c1Cl.COS(=O)(=O)OO.Nc1cccc(C(=O)O)c1Cl.[Al].[H-].[HH].[Li+].c1ccc(P(c2ccccc2)c2ccccc2)cc1. The Labute approximate surface area is 674 Å². The number of carbonyl (C=O) groups excluding carboxylic acids is 2. The molecule has 0 aliphatic heterocycles. The van der Waals surface area contributed by atoms with E-state index in [1.54, 1.807) is 42.5 Å². The molecule has 0 fully saturated rings. The van der Waals surface area contributed by atoms with Crippen molar-refractivity contribution in [2.24, 2.45) is 21.9 Å². The number of nitrogen functional groups attached to an aromatic ring is 2. The first-order chi connectivity index (χ1) is 47.9. The maximum Gasteiger partial charge on any atom is 1.00 e. The Kier molecular flexibility index (Phi) is 52.6. The summed E-state index contributed by atoms with van der Waals surface area (Å²) in [6, 6.07) is 64.2. The number of aliphatic hydroxyl groups excluding tert-OH is 1. The van der Waals surface area contributed by atoms with Gasteiger partial charge >= 0.3 is 47.2 Å². The van der Waals surface area contributed by atoms with Gasteiger partial charge in [-0.2, -0.15) is 13.5 Å². The molecule has 22 nitrogen and oxygen atoms in total. The van der Waals surface area contributed by atoms with E-state index in [4.69, 9.17) is 108 Å². The summed E-state index contributed by atoms with van der Waals surface area (Å²) in [4.78, 5) is 40.4. The van der Waals surface area contributed by atoms with Gasteiger partial charge in [0, 0.05) is 81.7 Å². The molecule has 105 heavy (non-hydrogen) atoms. The van der Waals surface area contributed by atoms with Gasteiger partial charge in [0.1, 0.15) is 0 Å². The van der Waals surface area contributed by atoms with Crippen LogP contribution in [0.5, 0.6) is 0 Å². The Morgan fingerprint density at radius 3 is 1.10 bits per heavy atom. The van der Waals surface area contributed by atoms with Crippen molar-refractivity contribution in [3.63, 3.8) is 0 Å². The zero-order valence-corrected chi connectivity index (χ0v) is 66.3. The number of hydrogen-bond acceptors (Lipinski definition) is 20. The summed E-state index contributed by atoms with van der Waals surface area (Å²) in [5.74, 6) is 2.96. The molecule has 11 N–H and O–H groups in total. The normalized spacial score (nSPS) is 9.80. The van der Waals surface area contributed by atoms with Gasteiger partial charge in [0.25, 0.3) is 0 Å². The van der Waals surface area contributed by atoms with Crippen molar-refractivity contribution >= 4 is 173 Å². The number of aromatic carboxylic acids is 1. The Bertz CT molecular complexity index is 4030. The molecule has 0 saturated heterocycles. The first kappa shape index (κ1) is 102. The second-order valence-corrected chi connectivity index (χ2v) is 26.7. The summed E-state index contributed by atoms with van der Waals surface area (Å²) in [5.41, 5.74) is 24.1. The quantitative estimate of drug-likeness (QED) is 0.00691. The Balaban J connectivity index is -0.000000372. The number of nitrogens with two attached hydrogens (primary N) is 4. The number of hydrogen-bond donors (Lipinski definition) is 7. The van der Waals surface area contributed by atoms with Gasteiger partial charge in [0.05, 0.1) is 115 Å². The number of carbonyl (C=O) groups is 3. The average Bonchev–Trinajstić information content (AvgIpc) is 0.833. The van der Waals surface area contributed by atoms with Crippen LogP contribution in [0.3, 0.4) is 0 Å². The summed E-state index contributed by atoms with van der Waals surface area (Å²) in [6.45, 7) is 0.887. The molecular weight excluding hydrogens is 1520 g/mol. The minimum atomic E-state index is -4.10. The van der Waals surface area contributed by atoms with Crippen molar-refractivity contribution in [1.82, 2.24) is 0 Å². The molecule has 0 bridgehead atoms. The van der Waals surface area contributed by atoms with Crippen molar-refractivity contribution in [2.75, 3.05) is 109 Å². The number of ether oxygens (including phenoxy) is 2. The van der Waals surface area contributed by atoms with E-state index in [1.807, 2.05) is 137 Å². The first-order valence-electron chi connectivity index (χ1n) is 29.7. The topological polar surface area (TPSA) is 325 Å². The maximum atomic E-state index is 11.3. The number of carboxylic acids is 1. The van der Waals surface area contributed by atoms with Crippen LogP contribution in [0, 0.1) is 0 Å². The van der Waals surface area contributed by atoms with Crippen molar-refractivity contribution in [2.45, 2.75) is 34.5 Å². The van der Waals surface area contributed by atoms with Crippen LogP contribution in [0.15, 0.2) is 211 Å². The van der Waals surface area contributed by atoms with E-state index < -0.39 is 36.2 Å². The Morgan fingerprint density at radius 1 is 0.486 bits per heavy atom. The van der Waals surface area contributed by atoms with Gasteiger partial charge in [-0.05, 0) is 95.1 Å². The summed E-state index contributed by atoms with van der Waals surface area (Å²) in [5, 5.41) is 38.8. The van der Waals surface area contributed by atoms with E-state index in [2.05, 4.69) is 119 Å². The fourth-order valence-electron chi connectivity index (χ4n) is 8.13. The molecule has 0 amide bonds. The molecule has 3 radical (unpaired) electrons. The number of halogens is 6. The van der Waals surface area contributed by atoms with Gasteiger partial charge in [0.2, 0.25) is 0 Å². The minimum absolute atomic E-state index is 0. The largest absolute Gasteiger partial charge is 1.00 e. The number of rotatable bonds is 16. The maximum absolute atomic E-state index is 11.3. The average molecular weight is 1610 g/mol. The zero-order valence-electron chi connectivity index (χ0n) is 59.9. The molecule has 0 aromatic heterocycles. The van der Waals surface area contributed by atoms with Crippen LogP contribution in [0.25, 0.3) is 0 Å². The van der Waals surface area contributed by atoms with Gasteiger partial charge in [-0.3, -0.25) is 0 Å². The van der Waals surface area contributed by atoms with Crippen LogP contribution in [-0.4, -0.2) is 137 Å². The predicted molar refractivity (Wildman–Crippen MR) is 438 cm³/mol. The van der Waals surface area contributed by atoms with E-state index in [-0.39, 0.29) is 81.8 Å². The zero-order chi connectivity index (χ0) is 75.9. The van der Waals surface area contributed by atoms with E-state index in [1.165, 1.54) is 36.2 Å². The summed E-state index contributed by atoms with van der Waals surface area (Å²) in [6.07, 6.45) is 0. The molecule has 0 spiro atoms. The van der Waals surface area contributed by atoms with E-state index in [0.717, 1.165) is 51.6 Å². The van der Waals surface area contributed by atoms with Crippen molar-refractivity contribution < 1.29 is 78.0 Å². The third-order valence-corrected chi connectivity index (χ3v) is 18.8. The molecular formula is C73H94AlCl6LiN10O12PS. The van der Waals surface area contributed by atoms with Crippen LogP contribution in [0.1, 0.15) is 65.5 Å². The van der Waals surface area contributed by atoms with E-state index >= 15 is 0 Å². The van der Waals surface area contributed by atoms with E-state index in [9.17, 15) is 22.8 Å². The molecule has 0 saturated carbocycles. The molecule has 9 aromatic rings. The minimum Gasteiger partial charge on any atom is -1.00 e. The molecule has 32 heteroatoms. The van der Waals surface area contributed by atoms with Gasteiger partial charge in [-0.1, -0.05) is 240 Å². The van der Waals surface area contributed by atoms with Gasteiger partial charge in [-0.25, -0.2) is 23.8 Å². The predicted octanol–water partition coefficient (Wildman–Crippen LogP) is 12.6. The number of methoxy groups -OCH3 is 2. The number of carboxylic acid groups (broad SMARTS) is 1. The van der Waals surface area contributed by atoms with Crippen molar-refractivity contribution in [3.05, 3.63) is 264 Å². The molecule has 0 aliphatic rings. The number of benzene rings is 9. The number of anilines is 6. The second kappa shape index (κ2) is 54.3. The molecule has 0 atom stereocenters. The van der Waals surface area contributed by atoms with E-state index in [0.29, 0.717) is 45.0 Å². The summed E-state index contributed by atoms with van der Waals surface area (Å²) < 4.78 is 34.9. The molecule has 0 unspecified atom stereocenters. The Hall–Kier alpha value is -7.36.